The van der Waals surface area contributed by atoms with Gasteiger partial charge in [0.25, 0.3) is 0 Å². The molecule has 0 saturated carbocycles. The average Bonchev–Trinajstić information content (AvgIpc) is 2.30. The summed E-state index contributed by atoms with van der Waals surface area (Å²) in [6.45, 7) is 6.38. The van der Waals surface area contributed by atoms with Crippen LogP contribution in [0.3, 0.4) is 0 Å². The van der Waals surface area contributed by atoms with Gasteiger partial charge in [-0.15, -0.1) is 0 Å². The lowest BCUT2D eigenvalue weighted by Gasteiger charge is -2.20. The first kappa shape index (κ1) is 14.5. The van der Waals surface area contributed by atoms with Crippen LogP contribution in [0.15, 0.2) is 18.2 Å². The number of aliphatic carboxylic acids is 1. The number of ether oxygens (including phenoxy) is 1. The standard InChI is InChI=1S/C14H21NO3/c1-4-18-12-6-5-11(7-9(12)2)14(15)10(3)8-13(16)17/h5-7,10,14H,4,8,15H2,1-3H3,(H,16,17). The zero-order valence-electron chi connectivity index (χ0n) is 11.1. The van der Waals surface area contributed by atoms with E-state index in [1.807, 2.05) is 39.0 Å². The van der Waals surface area contributed by atoms with Crippen LogP contribution < -0.4 is 10.5 Å². The van der Waals surface area contributed by atoms with E-state index in [4.69, 9.17) is 15.6 Å². The largest absolute Gasteiger partial charge is 0.494 e. The summed E-state index contributed by atoms with van der Waals surface area (Å²) in [5.74, 6) is -0.0696. The average molecular weight is 251 g/mol. The Morgan fingerprint density at radius 3 is 2.67 bits per heavy atom. The maximum atomic E-state index is 10.7. The molecule has 0 heterocycles. The number of hydrogen-bond donors (Lipinski definition) is 2. The van der Waals surface area contributed by atoms with Crippen LogP contribution in [-0.4, -0.2) is 17.7 Å². The fraction of sp³-hybridized carbons (Fsp3) is 0.500. The van der Waals surface area contributed by atoms with E-state index in [0.717, 1.165) is 16.9 Å². The van der Waals surface area contributed by atoms with E-state index >= 15 is 0 Å². The molecule has 0 aliphatic carbocycles. The topological polar surface area (TPSA) is 72.5 Å². The summed E-state index contributed by atoms with van der Waals surface area (Å²) in [6, 6.07) is 5.49. The molecule has 1 aromatic rings. The smallest absolute Gasteiger partial charge is 0.303 e. The van der Waals surface area contributed by atoms with Gasteiger partial charge in [0, 0.05) is 12.5 Å². The second kappa shape index (κ2) is 6.40. The zero-order chi connectivity index (χ0) is 13.7. The van der Waals surface area contributed by atoms with Crippen LogP contribution in [0.4, 0.5) is 0 Å². The summed E-state index contributed by atoms with van der Waals surface area (Å²) < 4.78 is 5.46. The van der Waals surface area contributed by atoms with Crippen molar-refractivity contribution in [3.8, 4) is 5.75 Å². The van der Waals surface area contributed by atoms with Gasteiger partial charge in [-0.25, -0.2) is 0 Å². The van der Waals surface area contributed by atoms with Gasteiger partial charge in [0.2, 0.25) is 0 Å². The molecule has 0 amide bonds. The van der Waals surface area contributed by atoms with Gasteiger partial charge in [-0.05, 0) is 37.0 Å². The lowest BCUT2D eigenvalue weighted by atomic mass is 9.92. The summed E-state index contributed by atoms with van der Waals surface area (Å²) in [6.07, 6.45) is 0.0768. The molecule has 18 heavy (non-hydrogen) atoms. The molecule has 0 fully saturated rings. The number of aryl methyl sites for hydroxylation is 1. The minimum Gasteiger partial charge on any atom is -0.494 e. The van der Waals surface area contributed by atoms with Gasteiger partial charge in [-0.2, -0.15) is 0 Å². The van der Waals surface area contributed by atoms with Gasteiger partial charge in [-0.1, -0.05) is 19.1 Å². The zero-order valence-corrected chi connectivity index (χ0v) is 11.1. The Morgan fingerprint density at radius 2 is 2.17 bits per heavy atom. The number of rotatable bonds is 6. The van der Waals surface area contributed by atoms with E-state index in [1.165, 1.54) is 0 Å². The first-order chi connectivity index (χ1) is 8.45. The number of benzene rings is 1. The van der Waals surface area contributed by atoms with Gasteiger partial charge in [0.05, 0.1) is 6.61 Å². The molecule has 0 aromatic heterocycles. The first-order valence-corrected chi connectivity index (χ1v) is 6.16. The number of nitrogens with two attached hydrogens (primary N) is 1. The van der Waals surface area contributed by atoms with Gasteiger partial charge >= 0.3 is 5.97 Å². The van der Waals surface area contributed by atoms with Crippen molar-refractivity contribution in [3.63, 3.8) is 0 Å². The summed E-state index contributed by atoms with van der Waals surface area (Å²) >= 11 is 0. The summed E-state index contributed by atoms with van der Waals surface area (Å²) in [5, 5.41) is 8.77. The lowest BCUT2D eigenvalue weighted by Crippen LogP contribution is -2.21. The molecule has 1 rings (SSSR count). The summed E-state index contributed by atoms with van der Waals surface area (Å²) in [5.41, 5.74) is 8.05. The Balaban J connectivity index is 2.83. The Bertz CT molecular complexity index is 418. The third kappa shape index (κ3) is 3.74. The maximum Gasteiger partial charge on any atom is 0.303 e. The predicted molar refractivity (Wildman–Crippen MR) is 70.7 cm³/mol. The second-order valence-corrected chi connectivity index (χ2v) is 4.56. The van der Waals surface area contributed by atoms with Gasteiger partial charge in [-0.3, -0.25) is 4.79 Å². The minimum absolute atomic E-state index is 0.0768. The molecule has 0 saturated heterocycles. The van der Waals surface area contributed by atoms with Crippen LogP contribution >= 0.6 is 0 Å². The first-order valence-electron chi connectivity index (χ1n) is 6.16. The van der Waals surface area contributed by atoms with E-state index in [2.05, 4.69) is 0 Å². The van der Waals surface area contributed by atoms with Crippen LogP contribution in [0.1, 0.15) is 37.4 Å². The van der Waals surface area contributed by atoms with Crippen LogP contribution in [0.2, 0.25) is 0 Å². The molecule has 2 unspecified atom stereocenters. The Hall–Kier alpha value is -1.55. The molecule has 0 spiro atoms. The molecule has 3 N–H and O–H groups in total. The highest BCUT2D eigenvalue weighted by atomic mass is 16.5. The number of carboxylic acid groups (broad SMARTS) is 1. The van der Waals surface area contributed by atoms with Crippen LogP contribution in [-0.2, 0) is 4.79 Å². The Morgan fingerprint density at radius 1 is 1.50 bits per heavy atom. The van der Waals surface area contributed by atoms with Crippen LogP contribution in [0, 0.1) is 12.8 Å². The van der Waals surface area contributed by atoms with Crippen molar-refractivity contribution < 1.29 is 14.6 Å². The second-order valence-electron chi connectivity index (χ2n) is 4.56. The molecule has 0 radical (unpaired) electrons. The highest BCUT2D eigenvalue weighted by molar-refractivity contribution is 5.67. The molecule has 0 bridgehead atoms. The van der Waals surface area contributed by atoms with E-state index in [9.17, 15) is 4.79 Å². The van der Waals surface area contributed by atoms with Crippen molar-refractivity contribution in [2.45, 2.75) is 33.2 Å². The number of carbonyl (C=O) groups is 1. The fourth-order valence-corrected chi connectivity index (χ4v) is 1.93. The molecule has 4 nitrogen and oxygen atoms in total. The van der Waals surface area contributed by atoms with Gasteiger partial charge in [0.15, 0.2) is 0 Å². The molecule has 0 aliphatic rings. The molecule has 1 aromatic carbocycles. The maximum absolute atomic E-state index is 10.7. The third-order valence-electron chi connectivity index (χ3n) is 2.99. The van der Waals surface area contributed by atoms with Crippen molar-refractivity contribution in [3.05, 3.63) is 29.3 Å². The molecular weight excluding hydrogens is 230 g/mol. The Kier molecular flexibility index (Phi) is 5.16. The highest BCUT2D eigenvalue weighted by Gasteiger charge is 2.18. The molecular formula is C14H21NO3. The molecule has 2 atom stereocenters. The Labute approximate surface area is 108 Å². The predicted octanol–water partition coefficient (Wildman–Crippen LogP) is 2.50. The monoisotopic (exact) mass is 251 g/mol. The molecule has 4 heteroatoms. The normalized spacial score (nSPS) is 14.0. The van der Waals surface area contributed by atoms with E-state index < -0.39 is 5.97 Å². The van der Waals surface area contributed by atoms with Crippen molar-refractivity contribution in [1.82, 2.24) is 0 Å². The summed E-state index contributed by atoms with van der Waals surface area (Å²) in [4.78, 5) is 10.7. The van der Waals surface area contributed by atoms with Crippen molar-refractivity contribution in [2.24, 2.45) is 11.7 Å². The third-order valence-corrected chi connectivity index (χ3v) is 2.99. The highest BCUT2D eigenvalue weighted by Crippen LogP contribution is 2.26. The number of carboxylic acids is 1. The summed E-state index contributed by atoms with van der Waals surface area (Å²) in [7, 11) is 0. The van der Waals surface area contributed by atoms with Crippen LogP contribution in [0.25, 0.3) is 0 Å². The van der Waals surface area contributed by atoms with E-state index in [0.29, 0.717) is 6.61 Å². The lowest BCUT2D eigenvalue weighted by molar-refractivity contribution is -0.138. The SMILES string of the molecule is CCOc1ccc(C(N)C(C)CC(=O)O)cc1C. The fourth-order valence-electron chi connectivity index (χ4n) is 1.93. The van der Waals surface area contributed by atoms with Crippen molar-refractivity contribution in [2.75, 3.05) is 6.61 Å². The quantitative estimate of drug-likeness (QED) is 0.814. The van der Waals surface area contributed by atoms with E-state index in [1.54, 1.807) is 0 Å². The minimum atomic E-state index is -0.819. The number of hydrogen-bond acceptors (Lipinski definition) is 3. The van der Waals surface area contributed by atoms with Crippen molar-refractivity contribution in [1.29, 1.82) is 0 Å². The molecule has 0 aliphatic heterocycles. The van der Waals surface area contributed by atoms with Crippen LogP contribution in [0.5, 0.6) is 5.75 Å². The van der Waals surface area contributed by atoms with Crippen molar-refractivity contribution >= 4 is 5.97 Å². The van der Waals surface area contributed by atoms with Gasteiger partial charge < -0.3 is 15.6 Å². The van der Waals surface area contributed by atoms with E-state index in [-0.39, 0.29) is 18.4 Å². The molecule has 100 valence electrons. The van der Waals surface area contributed by atoms with Gasteiger partial charge in [0.1, 0.15) is 5.75 Å².